The normalized spacial score (nSPS) is 14.4. The van der Waals surface area contributed by atoms with Crippen molar-refractivity contribution in [3.8, 4) is 5.69 Å². The molecule has 1 aliphatic heterocycles. The van der Waals surface area contributed by atoms with Crippen LogP contribution in [0.5, 0.6) is 0 Å². The predicted molar refractivity (Wildman–Crippen MR) is 136 cm³/mol. The topological polar surface area (TPSA) is 70.7 Å². The molecule has 0 aliphatic carbocycles. The van der Waals surface area contributed by atoms with Crippen molar-refractivity contribution >= 4 is 23.3 Å². The summed E-state index contributed by atoms with van der Waals surface area (Å²) in [7, 11) is 0. The monoisotopic (exact) mass is 468 g/mol. The van der Waals surface area contributed by atoms with Crippen molar-refractivity contribution in [2.24, 2.45) is 0 Å². The zero-order valence-electron chi connectivity index (χ0n) is 20.0. The van der Waals surface area contributed by atoms with E-state index in [-0.39, 0.29) is 24.5 Å². The third-order valence-electron chi connectivity index (χ3n) is 6.26. The fraction of sp³-hybridized carbons (Fsp3) is 0.214. The van der Waals surface area contributed by atoms with Crippen LogP contribution in [0.15, 0.2) is 89.7 Å². The number of carbonyl (C=O) groups excluding carboxylic acids is 2. The van der Waals surface area contributed by atoms with Gasteiger partial charge in [-0.15, -0.1) is 0 Å². The van der Waals surface area contributed by atoms with Gasteiger partial charge in [-0.2, -0.15) is 0 Å². The Kier molecular flexibility index (Phi) is 5.91. The summed E-state index contributed by atoms with van der Waals surface area (Å²) < 4.78 is 7.86. The van der Waals surface area contributed by atoms with E-state index < -0.39 is 6.04 Å². The molecule has 0 saturated heterocycles. The minimum absolute atomic E-state index is 0.0818. The van der Waals surface area contributed by atoms with E-state index in [1.807, 2.05) is 99.8 Å². The maximum Gasteiger partial charge on any atom is 0.322 e. The molecule has 3 amide bonds. The molecule has 2 aromatic carbocycles. The molecule has 7 nitrogen and oxygen atoms in total. The van der Waals surface area contributed by atoms with Gasteiger partial charge in [-0.25, -0.2) is 4.79 Å². The van der Waals surface area contributed by atoms with E-state index in [2.05, 4.69) is 9.88 Å². The van der Waals surface area contributed by atoms with Crippen molar-refractivity contribution in [3.63, 3.8) is 0 Å². The zero-order chi connectivity index (χ0) is 24.5. The van der Waals surface area contributed by atoms with Crippen LogP contribution in [0.1, 0.15) is 36.9 Å². The molecule has 0 fully saturated rings. The van der Waals surface area contributed by atoms with Crippen LogP contribution in [-0.2, 0) is 4.79 Å². The summed E-state index contributed by atoms with van der Waals surface area (Å²) in [5.74, 6) is 0.465. The number of hydrogen-bond acceptors (Lipinski definition) is 3. The van der Waals surface area contributed by atoms with Gasteiger partial charge in [0, 0.05) is 17.9 Å². The number of urea groups is 1. The lowest BCUT2D eigenvalue weighted by Gasteiger charge is -2.38. The number of para-hydroxylation sites is 2. The number of anilines is 2. The van der Waals surface area contributed by atoms with Gasteiger partial charge in [0.2, 0.25) is 5.91 Å². The van der Waals surface area contributed by atoms with E-state index in [1.165, 1.54) is 0 Å². The van der Waals surface area contributed by atoms with Gasteiger partial charge in [-0.1, -0.05) is 24.3 Å². The highest BCUT2D eigenvalue weighted by atomic mass is 16.3. The first kappa shape index (κ1) is 22.5. The molecule has 0 bridgehead atoms. The molecule has 35 heavy (non-hydrogen) atoms. The van der Waals surface area contributed by atoms with Crippen LogP contribution in [-0.4, -0.2) is 34.0 Å². The molecule has 0 spiro atoms. The molecular weight excluding hydrogens is 440 g/mol. The molecule has 0 saturated carbocycles. The third kappa shape index (κ3) is 4.21. The Bertz CT molecular complexity index is 1360. The molecule has 1 unspecified atom stereocenters. The molecule has 2 aromatic heterocycles. The lowest BCUT2D eigenvalue weighted by atomic mass is 10.0. The van der Waals surface area contributed by atoms with E-state index >= 15 is 0 Å². The number of hydrogen-bond donors (Lipinski definition) is 1. The Morgan fingerprint density at radius 2 is 1.80 bits per heavy atom. The third-order valence-corrected chi connectivity index (χ3v) is 6.26. The first-order chi connectivity index (χ1) is 16.9. The summed E-state index contributed by atoms with van der Waals surface area (Å²) in [6, 6.07) is 22.1. The molecule has 3 heterocycles. The number of fused-ring (bicyclic) bond motifs is 3. The lowest BCUT2D eigenvalue weighted by molar-refractivity contribution is -0.120. The van der Waals surface area contributed by atoms with Crippen molar-refractivity contribution < 1.29 is 14.0 Å². The van der Waals surface area contributed by atoms with Gasteiger partial charge in [0.15, 0.2) is 0 Å². The van der Waals surface area contributed by atoms with Gasteiger partial charge >= 0.3 is 6.03 Å². The van der Waals surface area contributed by atoms with Crippen LogP contribution in [0, 0.1) is 6.92 Å². The molecule has 1 N–H and O–H groups in total. The van der Waals surface area contributed by atoms with E-state index in [0.29, 0.717) is 11.4 Å². The standard InChI is InChI=1S/C28H28N4O3/c1-19(2)31(28(34)29-21-10-6-9-20(3)17-21)18-26(33)32-23-12-5-4-11-22(23)30-15-7-13-24(30)27(32)25-14-8-16-35-25/h4-17,19,27H,18H2,1-3H3,(H,29,34). The van der Waals surface area contributed by atoms with Gasteiger partial charge < -0.3 is 19.2 Å². The first-order valence-electron chi connectivity index (χ1n) is 11.7. The summed E-state index contributed by atoms with van der Waals surface area (Å²) in [6.45, 7) is 5.70. The van der Waals surface area contributed by atoms with Crippen LogP contribution in [0.25, 0.3) is 5.69 Å². The molecular formula is C28H28N4O3. The number of benzene rings is 2. The Balaban J connectivity index is 1.49. The number of nitrogens with one attached hydrogen (secondary N) is 1. The summed E-state index contributed by atoms with van der Waals surface area (Å²) in [4.78, 5) is 30.5. The van der Waals surface area contributed by atoms with Crippen LogP contribution in [0.3, 0.4) is 0 Å². The molecule has 1 aliphatic rings. The number of carbonyl (C=O) groups is 2. The van der Waals surface area contributed by atoms with Gasteiger partial charge in [0.05, 0.1) is 23.3 Å². The average molecular weight is 469 g/mol. The van der Waals surface area contributed by atoms with E-state index in [0.717, 1.165) is 22.6 Å². The quantitative estimate of drug-likeness (QED) is 0.405. The Morgan fingerprint density at radius 1 is 1.00 bits per heavy atom. The summed E-state index contributed by atoms with van der Waals surface area (Å²) in [5.41, 5.74) is 4.34. The molecule has 0 radical (unpaired) electrons. The molecule has 7 heteroatoms. The highest BCUT2D eigenvalue weighted by Gasteiger charge is 2.38. The number of aryl methyl sites for hydroxylation is 1. The fourth-order valence-corrected chi connectivity index (χ4v) is 4.61. The average Bonchev–Trinajstić information content (AvgIpc) is 3.54. The lowest BCUT2D eigenvalue weighted by Crippen LogP contribution is -2.49. The first-order valence-corrected chi connectivity index (χ1v) is 11.7. The number of rotatable bonds is 5. The Morgan fingerprint density at radius 3 is 2.51 bits per heavy atom. The van der Waals surface area contributed by atoms with Crippen molar-refractivity contribution in [2.75, 3.05) is 16.8 Å². The van der Waals surface area contributed by atoms with Crippen LogP contribution >= 0.6 is 0 Å². The van der Waals surface area contributed by atoms with Crippen LogP contribution < -0.4 is 10.2 Å². The molecule has 1 atom stereocenters. The molecule has 178 valence electrons. The fourth-order valence-electron chi connectivity index (χ4n) is 4.61. The largest absolute Gasteiger partial charge is 0.467 e. The second-order valence-electron chi connectivity index (χ2n) is 8.99. The van der Waals surface area contributed by atoms with Gasteiger partial charge in [-0.05, 0) is 74.9 Å². The van der Waals surface area contributed by atoms with Crippen molar-refractivity contribution in [2.45, 2.75) is 32.9 Å². The Hall–Kier alpha value is -4.26. The van der Waals surface area contributed by atoms with Crippen LogP contribution in [0.4, 0.5) is 16.2 Å². The predicted octanol–water partition coefficient (Wildman–Crippen LogP) is 5.76. The molecule has 4 aromatic rings. The van der Waals surface area contributed by atoms with Crippen molar-refractivity contribution in [3.05, 3.63) is 102 Å². The van der Waals surface area contributed by atoms with Gasteiger partial charge in [0.25, 0.3) is 0 Å². The van der Waals surface area contributed by atoms with Crippen molar-refractivity contribution in [1.82, 2.24) is 9.47 Å². The maximum atomic E-state index is 14.0. The highest BCUT2D eigenvalue weighted by Crippen LogP contribution is 2.42. The smallest absolute Gasteiger partial charge is 0.322 e. The van der Waals surface area contributed by atoms with E-state index in [4.69, 9.17) is 4.42 Å². The van der Waals surface area contributed by atoms with Crippen LogP contribution in [0.2, 0.25) is 0 Å². The maximum absolute atomic E-state index is 14.0. The summed E-state index contributed by atoms with van der Waals surface area (Å²) >= 11 is 0. The number of nitrogens with zero attached hydrogens (tertiary/aromatic N) is 3. The van der Waals surface area contributed by atoms with Gasteiger partial charge in [0.1, 0.15) is 18.3 Å². The summed E-state index contributed by atoms with van der Waals surface area (Å²) in [5, 5.41) is 2.94. The van der Waals surface area contributed by atoms with Crippen molar-refractivity contribution in [1.29, 1.82) is 0 Å². The minimum Gasteiger partial charge on any atom is -0.467 e. The second kappa shape index (κ2) is 9.18. The zero-order valence-corrected chi connectivity index (χ0v) is 20.0. The second-order valence-corrected chi connectivity index (χ2v) is 8.99. The number of furan rings is 1. The number of aromatic nitrogens is 1. The molecule has 5 rings (SSSR count). The Labute approximate surface area is 204 Å². The summed E-state index contributed by atoms with van der Waals surface area (Å²) in [6.07, 6.45) is 3.60. The van der Waals surface area contributed by atoms with Gasteiger partial charge in [-0.3, -0.25) is 9.69 Å². The minimum atomic E-state index is -0.448. The van der Waals surface area contributed by atoms with E-state index in [9.17, 15) is 9.59 Å². The van der Waals surface area contributed by atoms with E-state index in [1.54, 1.807) is 16.1 Å². The number of amides is 3. The SMILES string of the molecule is Cc1cccc(NC(=O)N(CC(=O)N2c3ccccc3-n3cccc3C2c2ccco2)C(C)C)c1. The highest BCUT2D eigenvalue weighted by molar-refractivity contribution is 6.01.